The van der Waals surface area contributed by atoms with Crippen LogP contribution in [0.15, 0.2) is 18.2 Å². The average Bonchev–Trinajstić information content (AvgIpc) is 2.27. The second kappa shape index (κ2) is 6.45. The molecule has 0 heterocycles. The van der Waals surface area contributed by atoms with Crippen LogP contribution in [0, 0.1) is 17.6 Å². The molecule has 0 radical (unpaired) electrons. The molecular formula is C13H17F2NO. The SMILES string of the molecule is CC(C)CNCCC(=O)c1cc(F)ccc1F. The molecule has 1 N–H and O–H groups in total. The number of halogens is 2. The molecule has 0 saturated heterocycles. The quantitative estimate of drug-likeness (QED) is 0.613. The molecule has 0 fully saturated rings. The molecule has 0 aromatic heterocycles. The highest BCUT2D eigenvalue weighted by molar-refractivity contribution is 5.96. The van der Waals surface area contributed by atoms with Gasteiger partial charge < -0.3 is 5.32 Å². The maximum Gasteiger partial charge on any atom is 0.167 e. The largest absolute Gasteiger partial charge is 0.316 e. The summed E-state index contributed by atoms with van der Waals surface area (Å²) < 4.78 is 26.1. The van der Waals surface area contributed by atoms with Crippen molar-refractivity contribution in [3.05, 3.63) is 35.4 Å². The second-order valence-corrected chi connectivity index (χ2v) is 4.40. The first kappa shape index (κ1) is 13.8. The Balaban J connectivity index is 2.49. The number of hydrogen-bond acceptors (Lipinski definition) is 2. The lowest BCUT2D eigenvalue weighted by Crippen LogP contribution is -2.23. The summed E-state index contributed by atoms with van der Waals surface area (Å²) in [7, 11) is 0. The lowest BCUT2D eigenvalue weighted by Gasteiger charge is -2.07. The molecule has 4 heteroatoms. The van der Waals surface area contributed by atoms with E-state index in [-0.39, 0.29) is 17.8 Å². The minimum Gasteiger partial charge on any atom is -0.316 e. The van der Waals surface area contributed by atoms with Crippen LogP contribution in [0.3, 0.4) is 0 Å². The van der Waals surface area contributed by atoms with E-state index in [4.69, 9.17) is 0 Å². The lowest BCUT2D eigenvalue weighted by molar-refractivity contribution is 0.0978. The Kier molecular flexibility index (Phi) is 5.22. The van der Waals surface area contributed by atoms with E-state index in [1.54, 1.807) is 0 Å². The van der Waals surface area contributed by atoms with E-state index in [2.05, 4.69) is 19.2 Å². The maximum atomic E-state index is 13.2. The van der Waals surface area contributed by atoms with Crippen LogP contribution in [-0.4, -0.2) is 18.9 Å². The van der Waals surface area contributed by atoms with Crippen molar-refractivity contribution in [2.45, 2.75) is 20.3 Å². The fourth-order valence-corrected chi connectivity index (χ4v) is 1.44. The first-order chi connectivity index (χ1) is 8.00. The smallest absolute Gasteiger partial charge is 0.167 e. The number of benzene rings is 1. The van der Waals surface area contributed by atoms with Crippen LogP contribution in [0.5, 0.6) is 0 Å². The monoisotopic (exact) mass is 241 g/mol. The Morgan fingerprint density at radius 3 is 2.71 bits per heavy atom. The minimum absolute atomic E-state index is 0.170. The fraction of sp³-hybridized carbons (Fsp3) is 0.462. The maximum absolute atomic E-state index is 13.2. The number of rotatable bonds is 6. The average molecular weight is 241 g/mol. The first-order valence-electron chi connectivity index (χ1n) is 5.69. The van der Waals surface area contributed by atoms with Crippen LogP contribution >= 0.6 is 0 Å². The molecule has 1 rings (SSSR count). The number of hydrogen-bond donors (Lipinski definition) is 1. The molecule has 1 aromatic carbocycles. The molecule has 0 unspecified atom stereocenters. The van der Waals surface area contributed by atoms with E-state index in [0.717, 1.165) is 24.7 Å². The van der Waals surface area contributed by atoms with Gasteiger partial charge in [0.15, 0.2) is 5.78 Å². The van der Waals surface area contributed by atoms with Crippen LogP contribution in [0.4, 0.5) is 8.78 Å². The van der Waals surface area contributed by atoms with Crippen molar-refractivity contribution in [2.24, 2.45) is 5.92 Å². The summed E-state index contributed by atoms with van der Waals surface area (Å²) in [6.07, 6.45) is 0.174. The zero-order chi connectivity index (χ0) is 12.8. The molecule has 94 valence electrons. The number of ketones is 1. The van der Waals surface area contributed by atoms with Gasteiger partial charge in [-0.25, -0.2) is 8.78 Å². The van der Waals surface area contributed by atoms with Gasteiger partial charge in [-0.05, 0) is 30.7 Å². The Morgan fingerprint density at radius 1 is 1.35 bits per heavy atom. The van der Waals surface area contributed by atoms with E-state index < -0.39 is 11.6 Å². The normalized spacial score (nSPS) is 10.9. The summed E-state index contributed by atoms with van der Waals surface area (Å²) in [5.41, 5.74) is -0.170. The van der Waals surface area contributed by atoms with Crippen LogP contribution < -0.4 is 5.32 Å². The van der Waals surface area contributed by atoms with Gasteiger partial charge in [0.05, 0.1) is 5.56 Å². The van der Waals surface area contributed by atoms with Crippen LogP contribution in [0.1, 0.15) is 30.6 Å². The standard InChI is InChI=1S/C13H17F2NO/c1-9(2)8-16-6-5-13(17)11-7-10(14)3-4-12(11)15/h3-4,7,9,16H,5-6,8H2,1-2H3. The summed E-state index contributed by atoms with van der Waals surface area (Å²) in [4.78, 5) is 11.6. The van der Waals surface area contributed by atoms with Crippen molar-refractivity contribution < 1.29 is 13.6 Å². The Bertz CT molecular complexity index is 391. The highest BCUT2D eigenvalue weighted by Crippen LogP contribution is 2.11. The first-order valence-corrected chi connectivity index (χ1v) is 5.69. The van der Waals surface area contributed by atoms with Crippen molar-refractivity contribution in [3.8, 4) is 0 Å². The van der Waals surface area contributed by atoms with Crippen LogP contribution in [-0.2, 0) is 0 Å². The Labute approximate surface area is 100 Å². The molecule has 0 aliphatic rings. The van der Waals surface area contributed by atoms with E-state index >= 15 is 0 Å². The van der Waals surface area contributed by atoms with Gasteiger partial charge in [-0.3, -0.25) is 4.79 Å². The van der Waals surface area contributed by atoms with E-state index in [0.29, 0.717) is 12.5 Å². The van der Waals surface area contributed by atoms with Crippen molar-refractivity contribution in [1.82, 2.24) is 5.32 Å². The van der Waals surface area contributed by atoms with Gasteiger partial charge in [0.2, 0.25) is 0 Å². The van der Waals surface area contributed by atoms with Gasteiger partial charge in [-0.1, -0.05) is 13.8 Å². The Hall–Kier alpha value is -1.29. The third kappa shape index (κ3) is 4.61. The van der Waals surface area contributed by atoms with Crippen molar-refractivity contribution in [3.63, 3.8) is 0 Å². The molecule has 0 spiro atoms. The van der Waals surface area contributed by atoms with Crippen molar-refractivity contribution in [2.75, 3.05) is 13.1 Å². The molecule has 17 heavy (non-hydrogen) atoms. The Morgan fingerprint density at radius 2 is 2.06 bits per heavy atom. The van der Waals surface area contributed by atoms with E-state index in [1.807, 2.05) is 0 Å². The lowest BCUT2D eigenvalue weighted by atomic mass is 10.1. The number of Topliss-reactive ketones (excluding diaryl/α,β-unsaturated/α-hetero) is 1. The molecule has 0 aliphatic heterocycles. The fourth-order valence-electron chi connectivity index (χ4n) is 1.44. The number of carbonyl (C=O) groups is 1. The van der Waals surface area contributed by atoms with Crippen molar-refractivity contribution >= 4 is 5.78 Å². The minimum atomic E-state index is -0.666. The molecular weight excluding hydrogens is 224 g/mol. The molecule has 0 aliphatic carbocycles. The van der Waals surface area contributed by atoms with Gasteiger partial charge in [0, 0.05) is 13.0 Å². The predicted molar refractivity (Wildman–Crippen MR) is 63.0 cm³/mol. The van der Waals surface area contributed by atoms with Gasteiger partial charge in [0.25, 0.3) is 0 Å². The summed E-state index contributed by atoms with van der Waals surface area (Å²) in [6.45, 7) is 5.40. The van der Waals surface area contributed by atoms with E-state index in [9.17, 15) is 13.6 Å². The zero-order valence-electron chi connectivity index (χ0n) is 10.1. The molecule has 0 atom stereocenters. The van der Waals surface area contributed by atoms with Gasteiger partial charge >= 0.3 is 0 Å². The topological polar surface area (TPSA) is 29.1 Å². The summed E-state index contributed by atoms with van der Waals surface area (Å²) in [5.74, 6) is -1.14. The summed E-state index contributed by atoms with van der Waals surface area (Å²) >= 11 is 0. The zero-order valence-corrected chi connectivity index (χ0v) is 10.1. The third-order valence-electron chi connectivity index (χ3n) is 2.31. The highest BCUT2D eigenvalue weighted by atomic mass is 19.1. The molecule has 0 bridgehead atoms. The van der Waals surface area contributed by atoms with Crippen molar-refractivity contribution in [1.29, 1.82) is 0 Å². The molecule has 0 amide bonds. The second-order valence-electron chi connectivity index (χ2n) is 4.40. The third-order valence-corrected chi connectivity index (χ3v) is 2.31. The predicted octanol–water partition coefficient (Wildman–Crippen LogP) is 2.78. The van der Waals surface area contributed by atoms with Crippen LogP contribution in [0.2, 0.25) is 0 Å². The highest BCUT2D eigenvalue weighted by Gasteiger charge is 2.12. The molecule has 1 aromatic rings. The molecule has 2 nitrogen and oxygen atoms in total. The van der Waals surface area contributed by atoms with E-state index in [1.165, 1.54) is 0 Å². The number of nitrogens with one attached hydrogen (secondary N) is 1. The number of carbonyl (C=O) groups excluding carboxylic acids is 1. The summed E-state index contributed by atoms with van der Waals surface area (Å²) in [5, 5.41) is 3.08. The van der Waals surface area contributed by atoms with Gasteiger partial charge in [0.1, 0.15) is 11.6 Å². The molecule has 0 saturated carbocycles. The van der Waals surface area contributed by atoms with Gasteiger partial charge in [-0.15, -0.1) is 0 Å². The van der Waals surface area contributed by atoms with Crippen LogP contribution in [0.25, 0.3) is 0 Å². The van der Waals surface area contributed by atoms with Gasteiger partial charge in [-0.2, -0.15) is 0 Å². The summed E-state index contributed by atoms with van der Waals surface area (Å²) in [6, 6.07) is 2.92.